The third-order valence-corrected chi connectivity index (χ3v) is 5.26. The average molecular weight is 302 g/mol. The Labute approximate surface area is 135 Å². The maximum Gasteiger partial charge on any atom is 0.119 e. The number of benzene rings is 1. The van der Waals surface area contributed by atoms with Gasteiger partial charge in [-0.05, 0) is 63.6 Å². The Kier molecular flexibility index (Phi) is 5.51. The number of hydrogen-bond donors (Lipinski definition) is 1. The van der Waals surface area contributed by atoms with Gasteiger partial charge in [0.2, 0.25) is 0 Å². The summed E-state index contributed by atoms with van der Waals surface area (Å²) in [4.78, 5) is 2.61. The number of rotatable bonds is 5. The maximum atomic E-state index is 6.42. The van der Waals surface area contributed by atoms with Crippen molar-refractivity contribution >= 4 is 0 Å². The molecule has 2 fully saturated rings. The molecule has 0 spiro atoms. The fourth-order valence-electron chi connectivity index (χ4n) is 3.80. The zero-order valence-corrected chi connectivity index (χ0v) is 13.9. The lowest BCUT2D eigenvalue weighted by Crippen LogP contribution is -2.54. The molecule has 22 heavy (non-hydrogen) atoms. The second kappa shape index (κ2) is 7.58. The van der Waals surface area contributed by atoms with Crippen molar-refractivity contribution in [1.29, 1.82) is 0 Å². The molecule has 1 unspecified atom stereocenters. The van der Waals surface area contributed by atoms with Gasteiger partial charge in [-0.25, -0.2) is 0 Å². The summed E-state index contributed by atoms with van der Waals surface area (Å²) in [6.07, 6.45) is 6.42. The summed E-state index contributed by atoms with van der Waals surface area (Å²) in [5.41, 5.74) is 1.18. The maximum absolute atomic E-state index is 6.42. The molecule has 1 aromatic rings. The summed E-state index contributed by atoms with van der Waals surface area (Å²) in [6.45, 7) is 7.74. The average Bonchev–Trinajstić information content (AvgIpc) is 2.57. The van der Waals surface area contributed by atoms with Crippen LogP contribution in [-0.4, -0.2) is 36.8 Å². The first kappa shape index (κ1) is 16.0. The largest absolute Gasteiger partial charge is 0.356 e. The first-order valence-electron chi connectivity index (χ1n) is 8.90. The molecule has 2 saturated heterocycles. The number of likely N-dealkylation sites (tertiary alicyclic amines) is 1. The van der Waals surface area contributed by atoms with Gasteiger partial charge >= 0.3 is 0 Å². The minimum atomic E-state index is -0.0917. The van der Waals surface area contributed by atoms with Gasteiger partial charge in [-0.15, -0.1) is 0 Å². The molecule has 0 aliphatic carbocycles. The Morgan fingerprint density at radius 2 is 2.09 bits per heavy atom. The third-order valence-electron chi connectivity index (χ3n) is 5.26. The van der Waals surface area contributed by atoms with Gasteiger partial charge in [-0.3, -0.25) is 4.90 Å². The summed E-state index contributed by atoms with van der Waals surface area (Å²) in [7, 11) is 0. The number of piperidine rings is 2. The number of ether oxygens (including phenoxy) is 1. The van der Waals surface area contributed by atoms with E-state index < -0.39 is 0 Å². The highest BCUT2D eigenvalue weighted by atomic mass is 16.5. The Bertz CT molecular complexity index is 444. The van der Waals surface area contributed by atoms with Crippen LogP contribution in [0.1, 0.15) is 44.6 Å². The lowest BCUT2D eigenvalue weighted by atomic mass is 9.94. The van der Waals surface area contributed by atoms with E-state index >= 15 is 0 Å². The molecular formula is C19H30N2O. The Morgan fingerprint density at radius 1 is 1.23 bits per heavy atom. The van der Waals surface area contributed by atoms with E-state index in [2.05, 4.69) is 47.5 Å². The van der Waals surface area contributed by atoms with Crippen molar-refractivity contribution < 1.29 is 4.74 Å². The molecule has 2 atom stereocenters. The van der Waals surface area contributed by atoms with Crippen LogP contribution in [0, 0.1) is 5.92 Å². The SMILES string of the molecule is CC1(OCc2ccccc2)CCCCN1C[C@@H]1CCCNC1. The van der Waals surface area contributed by atoms with Crippen molar-refractivity contribution in [3.05, 3.63) is 35.9 Å². The molecular weight excluding hydrogens is 272 g/mol. The summed E-state index contributed by atoms with van der Waals surface area (Å²) in [6, 6.07) is 10.6. The second-order valence-corrected chi connectivity index (χ2v) is 7.06. The smallest absolute Gasteiger partial charge is 0.119 e. The predicted octanol–water partition coefficient (Wildman–Crippen LogP) is 3.40. The first-order chi connectivity index (χ1) is 10.8. The van der Waals surface area contributed by atoms with Crippen LogP contribution in [0.5, 0.6) is 0 Å². The molecule has 122 valence electrons. The topological polar surface area (TPSA) is 24.5 Å². The van der Waals surface area contributed by atoms with Crippen LogP contribution < -0.4 is 5.32 Å². The molecule has 2 aliphatic heterocycles. The summed E-state index contributed by atoms with van der Waals surface area (Å²) in [5.74, 6) is 0.784. The molecule has 1 N–H and O–H groups in total. The van der Waals surface area contributed by atoms with Gasteiger partial charge in [0.1, 0.15) is 5.72 Å². The van der Waals surface area contributed by atoms with Crippen molar-refractivity contribution in [1.82, 2.24) is 10.2 Å². The minimum Gasteiger partial charge on any atom is -0.356 e. The van der Waals surface area contributed by atoms with E-state index in [1.807, 2.05) is 0 Å². The molecule has 0 saturated carbocycles. The molecule has 3 heteroatoms. The molecule has 0 aromatic heterocycles. The number of nitrogens with one attached hydrogen (secondary N) is 1. The number of nitrogens with zero attached hydrogens (tertiary/aromatic N) is 1. The van der Waals surface area contributed by atoms with Gasteiger partial charge in [0.25, 0.3) is 0 Å². The van der Waals surface area contributed by atoms with E-state index in [9.17, 15) is 0 Å². The van der Waals surface area contributed by atoms with Gasteiger partial charge < -0.3 is 10.1 Å². The van der Waals surface area contributed by atoms with E-state index in [0.29, 0.717) is 0 Å². The standard InChI is InChI=1S/C19H30N2O/c1-19(22-16-17-8-3-2-4-9-17)11-5-6-13-21(19)15-18-10-7-12-20-14-18/h2-4,8-9,18,20H,5-7,10-16H2,1H3/t18-,19?/m1/s1. The zero-order valence-electron chi connectivity index (χ0n) is 13.9. The van der Waals surface area contributed by atoms with Gasteiger partial charge in [-0.1, -0.05) is 30.3 Å². The predicted molar refractivity (Wildman–Crippen MR) is 90.7 cm³/mol. The molecule has 1 aromatic carbocycles. The fraction of sp³-hybridized carbons (Fsp3) is 0.684. The zero-order chi connectivity index (χ0) is 15.3. The highest BCUT2D eigenvalue weighted by Crippen LogP contribution is 2.31. The van der Waals surface area contributed by atoms with E-state index in [-0.39, 0.29) is 5.72 Å². The second-order valence-electron chi connectivity index (χ2n) is 7.06. The van der Waals surface area contributed by atoms with Crippen LogP contribution >= 0.6 is 0 Å². The molecule has 0 radical (unpaired) electrons. The normalized spacial score (nSPS) is 30.3. The van der Waals surface area contributed by atoms with Gasteiger partial charge in [0.15, 0.2) is 0 Å². The van der Waals surface area contributed by atoms with Crippen LogP contribution in [0.3, 0.4) is 0 Å². The third kappa shape index (κ3) is 4.09. The van der Waals surface area contributed by atoms with E-state index in [1.54, 1.807) is 0 Å². The quantitative estimate of drug-likeness (QED) is 0.902. The molecule has 3 rings (SSSR count). The molecule has 3 nitrogen and oxygen atoms in total. The van der Waals surface area contributed by atoms with Gasteiger partial charge in [-0.2, -0.15) is 0 Å². The Morgan fingerprint density at radius 3 is 2.86 bits per heavy atom. The highest BCUT2D eigenvalue weighted by molar-refractivity contribution is 5.13. The van der Waals surface area contributed by atoms with Crippen molar-refractivity contribution in [3.8, 4) is 0 Å². The van der Waals surface area contributed by atoms with E-state index in [4.69, 9.17) is 4.74 Å². The molecule has 0 amide bonds. The lowest BCUT2D eigenvalue weighted by Gasteiger charge is -2.46. The van der Waals surface area contributed by atoms with E-state index in [0.717, 1.165) is 18.9 Å². The Balaban J connectivity index is 1.59. The monoisotopic (exact) mass is 302 g/mol. The van der Waals surface area contributed by atoms with Crippen molar-refractivity contribution in [3.63, 3.8) is 0 Å². The molecule has 2 aliphatic rings. The summed E-state index contributed by atoms with van der Waals surface area (Å²) < 4.78 is 6.42. The molecule has 0 bridgehead atoms. The van der Waals surface area contributed by atoms with Crippen LogP contribution in [0.25, 0.3) is 0 Å². The fourth-order valence-corrected chi connectivity index (χ4v) is 3.80. The van der Waals surface area contributed by atoms with Crippen LogP contribution in [0.2, 0.25) is 0 Å². The van der Waals surface area contributed by atoms with Crippen LogP contribution in [0.15, 0.2) is 30.3 Å². The van der Waals surface area contributed by atoms with Crippen molar-refractivity contribution in [2.45, 2.75) is 51.4 Å². The van der Waals surface area contributed by atoms with Gasteiger partial charge in [0.05, 0.1) is 6.61 Å². The van der Waals surface area contributed by atoms with Crippen LogP contribution in [-0.2, 0) is 11.3 Å². The summed E-state index contributed by atoms with van der Waals surface area (Å²) in [5, 5.41) is 3.54. The van der Waals surface area contributed by atoms with Crippen molar-refractivity contribution in [2.75, 3.05) is 26.2 Å². The highest BCUT2D eigenvalue weighted by Gasteiger charge is 2.36. The van der Waals surface area contributed by atoms with E-state index in [1.165, 1.54) is 57.4 Å². The van der Waals surface area contributed by atoms with Crippen molar-refractivity contribution in [2.24, 2.45) is 5.92 Å². The van der Waals surface area contributed by atoms with Crippen LogP contribution in [0.4, 0.5) is 0 Å². The first-order valence-corrected chi connectivity index (χ1v) is 8.90. The summed E-state index contributed by atoms with van der Waals surface area (Å²) >= 11 is 0. The van der Waals surface area contributed by atoms with Gasteiger partial charge in [0, 0.05) is 13.1 Å². The number of hydrogen-bond acceptors (Lipinski definition) is 3. The Hall–Kier alpha value is -0.900. The minimum absolute atomic E-state index is 0.0917. The lowest BCUT2D eigenvalue weighted by molar-refractivity contribution is -0.175. The molecule has 2 heterocycles.